The van der Waals surface area contributed by atoms with Crippen LogP contribution in [0, 0.1) is 0 Å². The molecule has 0 N–H and O–H groups in total. The van der Waals surface area contributed by atoms with E-state index in [1.165, 1.54) is 10.8 Å². The number of fused-ring (bicyclic) bond motifs is 6. The van der Waals surface area contributed by atoms with Gasteiger partial charge >= 0.3 is 0 Å². The highest BCUT2D eigenvalue weighted by molar-refractivity contribution is 6.09. The van der Waals surface area contributed by atoms with Gasteiger partial charge in [-0.1, -0.05) is 152 Å². The number of hydrogen-bond donors (Lipinski definition) is 0. The zero-order valence-electron chi connectivity index (χ0n) is 33.1. The van der Waals surface area contributed by atoms with Crippen LogP contribution >= 0.6 is 0 Å². The van der Waals surface area contributed by atoms with Gasteiger partial charge in [0.05, 0.1) is 16.4 Å². The molecule has 0 aliphatic rings. The Hall–Kier alpha value is -8.62. The summed E-state index contributed by atoms with van der Waals surface area (Å²) in [5.74, 6) is 2.31. The normalized spacial score (nSPS) is 11.5. The number of hydrogen-bond acceptors (Lipinski definition) is 7. The first kappa shape index (κ1) is 35.3. The third-order valence-electron chi connectivity index (χ3n) is 11.4. The Labute approximate surface area is 355 Å². The molecule has 8 nitrogen and oxygen atoms in total. The summed E-state index contributed by atoms with van der Waals surface area (Å²) in [7, 11) is 0. The predicted octanol–water partition coefficient (Wildman–Crippen LogP) is 13.1. The van der Waals surface area contributed by atoms with Gasteiger partial charge in [-0.3, -0.25) is 0 Å². The molecule has 0 unspecified atom stereocenters. The molecule has 5 aromatic heterocycles. The van der Waals surface area contributed by atoms with E-state index < -0.39 is 0 Å². The summed E-state index contributed by atoms with van der Waals surface area (Å²) in [5.41, 5.74) is 12.3. The van der Waals surface area contributed by atoms with Crippen LogP contribution in [0.15, 0.2) is 205 Å². The third kappa shape index (κ3) is 6.09. The quantitative estimate of drug-likeness (QED) is 0.158. The minimum absolute atomic E-state index is 0.514. The summed E-state index contributed by atoms with van der Waals surface area (Å²) < 4.78 is 8.70. The van der Waals surface area contributed by atoms with Crippen LogP contribution in [-0.4, -0.2) is 34.5 Å². The molecule has 0 amide bonds. The molecule has 0 radical (unpaired) electrons. The molecule has 62 heavy (non-hydrogen) atoms. The van der Waals surface area contributed by atoms with E-state index in [1.54, 1.807) is 0 Å². The predicted molar refractivity (Wildman–Crippen MR) is 247 cm³/mol. The second kappa shape index (κ2) is 14.6. The van der Waals surface area contributed by atoms with E-state index in [4.69, 9.17) is 34.3 Å². The van der Waals surface area contributed by atoms with Crippen molar-refractivity contribution in [3.63, 3.8) is 0 Å². The van der Waals surface area contributed by atoms with Crippen molar-refractivity contribution in [1.82, 2.24) is 34.5 Å². The zero-order chi connectivity index (χ0) is 41.0. The van der Waals surface area contributed by atoms with Crippen molar-refractivity contribution in [2.24, 2.45) is 0 Å². The lowest BCUT2D eigenvalue weighted by Gasteiger charge is -2.11. The molecule has 0 fully saturated rings. The number of furan rings is 1. The van der Waals surface area contributed by atoms with Crippen molar-refractivity contribution in [3.05, 3.63) is 200 Å². The Morgan fingerprint density at radius 2 is 0.806 bits per heavy atom. The first-order valence-electron chi connectivity index (χ1n) is 20.4. The first-order valence-corrected chi connectivity index (χ1v) is 20.4. The summed E-state index contributed by atoms with van der Waals surface area (Å²) in [5, 5.41) is 3.27. The smallest absolute Gasteiger partial charge is 0.229 e. The van der Waals surface area contributed by atoms with Gasteiger partial charge in [-0.15, -0.1) is 0 Å². The van der Waals surface area contributed by atoms with Gasteiger partial charge in [-0.05, 0) is 48.0 Å². The number of pyridine rings is 1. The third-order valence-corrected chi connectivity index (χ3v) is 11.4. The zero-order valence-corrected chi connectivity index (χ0v) is 33.1. The van der Waals surface area contributed by atoms with Gasteiger partial charge in [0.2, 0.25) is 5.71 Å². The van der Waals surface area contributed by atoms with Gasteiger partial charge in [0.1, 0.15) is 11.2 Å². The van der Waals surface area contributed by atoms with E-state index in [0.717, 1.165) is 61.1 Å². The average Bonchev–Trinajstić information content (AvgIpc) is 3.90. The monoisotopic (exact) mass is 795 g/mol. The maximum absolute atomic E-state index is 6.39. The molecule has 12 rings (SSSR count). The fraction of sp³-hybridized carbons (Fsp3) is 0. The van der Waals surface area contributed by atoms with Gasteiger partial charge in [0.15, 0.2) is 28.9 Å². The molecule has 0 aliphatic heterocycles. The number of para-hydroxylation sites is 2. The van der Waals surface area contributed by atoms with E-state index in [-0.39, 0.29) is 0 Å². The van der Waals surface area contributed by atoms with Crippen molar-refractivity contribution in [2.75, 3.05) is 0 Å². The molecule has 0 bridgehead atoms. The van der Waals surface area contributed by atoms with Gasteiger partial charge in [0.25, 0.3) is 0 Å². The minimum Gasteiger partial charge on any atom is -0.434 e. The second-order valence-electron chi connectivity index (χ2n) is 15.2. The van der Waals surface area contributed by atoms with Crippen molar-refractivity contribution in [3.8, 4) is 73.6 Å². The van der Waals surface area contributed by atoms with E-state index >= 15 is 0 Å². The second-order valence-corrected chi connectivity index (χ2v) is 15.2. The number of rotatable bonds is 7. The summed E-state index contributed by atoms with van der Waals surface area (Å²) in [4.78, 5) is 30.0. The minimum atomic E-state index is 0.514. The van der Waals surface area contributed by atoms with Crippen molar-refractivity contribution < 1.29 is 4.42 Å². The lowest BCUT2D eigenvalue weighted by atomic mass is 10.1. The van der Waals surface area contributed by atoms with E-state index in [2.05, 4.69) is 95.6 Å². The van der Waals surface area contributed by atoms with Crippen LogP contribution in [0.1, 0.15) is 0 Å². The van der Waals surface area contributed by atoms with Crippen LogP contribution in [0.5, 0.6) is 0 Å². The fourth-order valence-corrected chi connectivity index (χ4v) is 8.32. The molecule has 0 saturated carbocycles. The first-order chi connectivity index (χ1) is 30.7. The standard InChI is InChI=1S/C54H33N7O/c1-4-14-34(15-5-1)40-32-44-48-49(62-54(44)55-33-40)47(35-16-6-2-7-17-35)56-50(57-48)37-24-26-38(27-25-37)52-58-51(36-18-8-3-9-19-36)59-53(60-52)39-28-30-41(31-29-39)61-45-22-12-10-20-42(45)43-21-11-13-23-46(43)61/h1-33H. The molecule has 0 spiro atoms. The Balaban J connectivity index is 0.948. The van der Waals surface area contributed by atoms with Crippen LogP contribution in [0.3, 0.4) is 0 Å². The highest BCUT2D eigenvalue weighted by Crippen LogP contribution is 2.37. The summed E-state index contributed by atoms with van der Waals surface area (Å²) in [6.07, 6.45) is 1.84. The van der Waals surface area contributed by atoms with Gasteiger partial charge in [0, 0.05) is 56.0 Å². The summed E-state index contributed by atoms with van der Waals surface area (Å²) in [6, 6.07) is 66.0. The molecule has 7 aromatic carbocycles. The largest absolute Gasteiger partial charge is 0.434 e. The van der Waals surface area contributed by atoms with Crippen molar-refractivity contribution in [1.29, 1.82) is 0 Å². The molecule has 290 valence electrons. The van der Waals surface area contributed by atoms with Crippen molar-refractivity contribution in [2.45, 2.75) is 0 Å². The molecule has 8 heteroatoms. The highest BCUT2D eigenvalue weighted by atomic mass is 16.3. The number of aromatic nitrogens is 7. The van der Waals surface area contributed by atoms with Crippen LogP contribution in [0.2, 0.25) is 0 Å². The van der Waals surface area contributed by atoms with Crippen LogP contribution in [-0.2, 0) is 0 Å². The van der Waals surface area contributed by atoms with Gasteiger partial charge in [-0.2, -0.15) is 0 Å². The Bertz CT molecular complexity index is 3550. The number of nitrogens with zero attached hydrogens (tertiary/aromatic N) is 7. The molecule has 12 aromatic rings. The molecule has 0 atom stereocenters. The topological polar surface area (TPSA) is 95.4 Å². The van der Waals surface area contributed by atoms with Gasteiger partial charge in [-0.25, -0.2) is 29.9 Å². The molecule has 5 heterocycles. The van der Waals surface area contributed by atoms with Crippen LogP contribution in [0.4, 0.5) is 0 Å². The van der Waals surface area contributed by atoms with Crippen LogP contribution < -0.4 is 0 Å². The average molecular weight is 796 g/mol. The number of benzene rings is 7. The molecule has 0 aliphatic carbocycles. The van der Waals surface area contributed by atoms with Gasteiger partial charge < -0.3 is 8.98 Å². The van der Waals surface area contributed by atoms with Crippen LogP contribution in [0.25, 0.3) is 118 Å². The fourth-order valence-electron chi connectivity index (χ4n) is 8.32. The van der Waals surface area contributed by atoms with E-state index in [9.17, 15) is 0 Å². The maximum Gasteiger partial charge on any atom is 0.229 e. The lowest BCUT2D eigenvalue weighted by molar-refractivity contribution is 0.653. The SMILES string of the molecule is c1ccc(-c2cnc3oc4c(-c5ccccc5)nc(-c5ccc(-c6nc(-c7ccccc7)nc(-c7ccc(-n8c9ccccc9c9ccccc98)cc7)n6)cc5)nc4c3c2)cc1. The summed E-state index contributed by atoms with van der Waals surface area (Å²) >= 11 is 0. The lowest BCUT2D eigenvalue weighted by Crippen LogP contribution is -2.01. The molecular formula is C54H33N7O. The Morgan fingerprint density at radius 3 is 1.37 bits per heavy atom. The summed E-state index contributed by atoms with van der Waals surface area (Å²) in [6.45, 7) is 0. The van der Waals surface area contributed by atoms with Crippen molar-refractivity contribution >= 4 is 44.0 Å². The van der Waals surface area contributed by atoms with E-state index in [1.807, 2.05) is 109 Å². The Kier molecular flexibility index (Phi) is 8.31. The Morgan fingerprint density at radius 1 is 0.355 bits per heavy atom. The molecule has 0 saturated heterocycles. The maximum atomic E-state index is 6.39. The van der Waals surface area contributed by atoms with E-state index in [0.29, 0.717) is 45.8 Å². The highest BCUT2D eigenvalue weighted by Gasteiger charge is 2.20. The molecular weight excluding hydrogens is 763 g/mol.